The van der Waals surface area contributed by atoms with Crippen LogP contribution in [0.15, 0.2) is 82.8 Å². The summed E-state index contributed by atoms with van der Waals surface area (Å²) in [4.78, 5) is 63.0. The quantitative estimate of drug-likeness (QED) is 0.142. The maximum atomic E-state index is 13.9. The Kier molecular flexibility index (Phi) is 13.7. The summed E-state index contributed by atoms with van der Waals surface area (Å²) in [6.45, 7) is 6.85. The highest BCUT2D eigenvalue weighted by atomic mass is 16.6. The van der Waals surface area contributed by atoms with Gasteiger partial charge in [-0.15, -0.1) is 0 Å². The van der Waals surface area contributed by atoms with E-state index in [4.69, 9.17) is 19.9 Å². The van der Waals surface area contributed by atoms with Crippen molar-refractivity contribution in [3.63, 3.8) is 0 Å². The van der Waals surface area contributed by atoms with Crippen molar-refractivity contribution in [2.75, 3.05) is 14.2 Å². The number of ether oxygens (including phenoxy) is 3. The van der Waals surface area contributed by atoms with Crippen LogP contribution in [0.5, 0.6) is 0 Å². The summed E-state index contributed by atoms with van der Waals surface area (Å²) in [5.74, 6) is -2.58. The van der Waals surface area contributed by atoms with Gasteiger partial charge in [-0.2, -0.15) is 0 Å². The number of hydrogen-bond acceptors (Lipinski definition) is 11. The smallest absolute Gasteiger partial charge is 0.405 e. The molecule has 1 aromatic carbocycles. The Morgan fingerprint density at radius 2 is 1.88 bits per heavy atom. The first-order valence-corrected chi connectivity index (χ1v) is 15.7. The normalized spacial score (nSPS) is 28.7. The first kappa shape index (κ1) is 38.5. The van der Waals surface area contributed by atoms with E-state index in [1.54, 1.807) is 32.1 Å². The first-order chi connectivity index (χ1) is 23.2. The number of rotatable bonds is 7. The van der Waals surface area contributed by atoms with Crippen LogP contribution >= 0.6 is 0 Å². The van der Waals surface area contributed by atoms with Crippen LogP contribution < -0.4 is 16.4 Å². The highest BCUT2D eigenvalue weighted by Gasteiger charge is 2.33. The van der Waals surface area contributed by atoms with Crippen LogP contribution in [-0.4, -0.2) is 72.2 Å². The number of methoxy groups -OCH3 is 2. The van der Waals surface area contributed by atoms with Crippen LogP contribution in [0.3, 0.4) is 0 Å². The number of allylic oxidation sites excluding steroid dienone is 4. The molecule has 0 radical (unpaired) electrons. The molecule has 49 heavy (non-hydrogen) atoms. The number of aliphatic hydroxyl groups is 1. The van der Waals surface area contributed by atoms with Crippen molar-refractivity contribution in [2.45, 2.75) is 71.5 Å². The van der Waals surface area contributed by atoms with Gasteiger partial charge in [-0.05, 0) is 43.7 Å². The lowest BCUT2D eigenvalue weighted by Crippen LogP contribution is -2.37. The average molecular weight is 681 g/mol. The Balaban J connectivity index is 2.06. The molecule has 0 saturated heterocycles. The molecule has 3 rings (SSSR count). The van der Waals surface area contributed by atoms with Gasteiger partial charge in [0.2, 0.25) is 11.6 Å². The molecule has 1 aliphatic carbocycles. The number of nitrogens with one attached hydrogen (secondary N) is 2. The predicted molar refractivity (Wildman–Crippen MR) is 179 cm³/mol. The number of ketones is 2. The van der Waals surface area contributed by atoms with Gasteiger partial charge in [0.05, 0.1) is 28.5 Å². The minimum atomic E-state index is -1.03. The molecule has 0 unspecified atom stereocenters. The number of primary amides is 1. The Bertz CT molecular complexity index is 1610. The second kappa shape index (κ2) is 17.5. The number of hydrogen-bond donors (Lipinski definition) is 4. The third-order valence-corrected chi connectivity index (χ3v) is 8.38. The molecule has 2 amide bonds. The van der Waals surface area contributed by atoms with E-state index in [1.807, 2.05) is 6.92 Å². The number of carbonyl (C=O) groups excluding carboxylic acids is 4. The number of nitrogens with two attached hydrogens (primary N) is 1. The van der Waals surface area contributed by atoms with Gasteiger partial charge >= 0.3 is 6.09 Å². The number of nitro benzene ring substituents is 1. The zero-order chi connectivity index (χ0) is 36.4. The van der Waals surface area contributed by atoms with Gasteiger partial charge in [0.25, 0.3) is 11.6 Å². The van der Waals surface area contributed by atoms with Crippen molar-refractivity contribution in [3.05, 3.63) is 98.4 Å². The lowest BCUT2D eigenvalue weighted by atomic mass is 9.85. The summed E-state index contributed by atoms with van der Waals surface area (Å²) >= 11 is 0. The summed E-state index contributed by atoms with van der Waals surface area (Å²) in [7, 11) is 2.87. The predicted octanol–water partition coefficient (Wildman–Crippen LogP) is 3.46. The van der Waals surface area contributed by atoms with E-state index in [9.17, 15) is 34.4 Å². The van der Waals surface area contributed by atoms with Crippen LogP contribution in [0.4, 0.5) is 10.5 Å². The van der Waals surface area contributed by atoms with Crippen molar-refractivity contribution >= 4 is 29.3 Å². The van der Waals surface area contributed by atoms with E-state index < -0.39 is 58.8 Å². The summed E-state index contributed by atoms with van der Waals surface area (Å²) in [6, 6.07) is 5.89. The maximum Gasteiger partial charge on any atom is 0.405 e. The summed E-state index contributed by atoms with van der Waals surface area (Å²) in [5, 5.41) is 28.1. The van der Waals surface area contributed by atoms with Crippen molar-refractivity contribution < 1.29 is 43.4 Å². The first-order valence-electron chi connectivity index (χ1n) is 15.7. The lowest BCUT2D eigenvalue weighted by Gasteiger charge is -2.30. The summed E-state index contributed by atoms with van der Waals surface area (Å²) in [5.41, 5.74) is 6.40. The molecule has 5 N–H and O–H groups in total. The lowest BCUT2D eigenvalue weighted by molar-refractivity contribution is -0.384. The number of Topliss-reactive ketones (excluding diaryl/α,β-unsaturated/α-hetero) is 1. The summed E-state index contributed by atoms with van der Waals surface area (Å²) < 4.78 is 16.6. The summed E-state index contributed by atoms with van der Waals surface area (Å²) in [6.07, 6.45) is 3.14. The fraction of sp³-hybridized carbons (Fsp3) is 0.429. The number of non-ortho nitro benzene ring substituents is 1. The second-order valence-electron chi connectivity index (χ2n) is 12.2. The molecule has 2 bridgehead atoms. The van der Waals surface area contributed by atoms with Crippen molar-refractivity contribution in [1.82, 2.24) is 10.6 Å². The number of carbonyl (C=O) groups is 4. The van der Waals surface area contributed by atoms with Gasteiger partial charge in [-0.3, -0.25) is 24.5 Å². The minimum Gasteiger partial charge on any atom is -0.439 e. The van der Waals surface area contributed by atoms with E-state index in [0.717, 1.165) is 6.08 Å². The Morgan fingerprint density at radius 1 is 1.16 bits per heavy atom. The van der Waals surface area contributed by atoms with Gasteiger partial charge in [0.15, 0.2) is 6.10 Å². The van der Waals surface area contributed by atoms with Crippen molar-refractivity contribution in [3.8, 4) is 0 Å². The van der Waals surface area contributed by atoms with Gasteiger partial charge in [-0.1, -0.05) is 50.3 Å². The minimum absolute atomic E-state index is 0.00925. The molecule has 2 aliphatic rings. The van der Waals surface area contributed by atoms with Gasteiger partial charge < -0.3 is 35.7 Å². The highest BCUT2D eigenvalue weighted by Crippen LogP contribution is 2.29. The SMILES string of the molecule is CO[C@H]1/C=C\C=C(/C)C(=O)NC2=CC(=O)C(NCc3cccc([N+](=O)[O-])c3)=C(C[C@@H](C)C[C@H](OC)[C@H](O)[C@@H](C)/C=C(\C)[C@@H]1OC(N)=O)C2=O. The highest BCUT2D eigenvalue weighted by molar-refractivity contribution is 6.23. The van der Waals surface area contributed by atoms with Gasteiger partial charge in [0.1, 0.15) is 6.10 Å². The van der Waals surface area contributed by atoms with Crippen LogP contribution in [0.2, 0.25) is 0 Å². The van der Waals surface area contributed by atoms with E-state index in [2.05, 4.69) is 10.6 Å². The fourth-order valence-electron chi connectivity index (χ4n) is 5.75. The van der Waals surface area contributed by atoms with E-state index >= 15 is 0 Å². The molecular formula is C35H44N4O10. The fourth-order valence-corrected chi connectivity index (χ4v) is 5.75. The number of fused-ring (bicyclic) bond motifs is 2. The molecule has 0 spiro atoms. The standard InChI is InChI=1S/C35H44N4O10/c1-19-13-25-30(37-18-23-10-8-11-24(16-23)39(45)46)27(40)17-26(32(25)42)38-34(43)20(2)9-7-12-28(47-5)33(49-35(36)44)22(4)15-21(3)31(41)29(14-19)48-6/h7-12,15-17,19,21,28-29,31,33,37,41H,13-14,18H2,1-6H3,(H2,36,44)(H,38,43)/b12-7-,20-9+,22-15+/t19-,21+,28+,29+,31-,33+/m1/s1. The van der Waals surface area contributed by atoms with E-state index in [-0.39, 0.29) is 53.5 Å². The van der Waals surface area contributed by atoms with E-state index in [1.165, 1.54) is 51.5 Å². The third kappa shape index (κ3) is 10.3. The van der Waals surface area contributed by atoms with Crippen LogP contribution in [0.25, 0.3) is 0 Å². The Labute approximate surface area is 284 Å². The third-order valence-electron chi connectivity index (χ3n) is 8.38. The molecule has 264 valence electrons. The molecule has 14 nitrogen and oxygen atoms in total. The molecule has 1 aliphatic heterocycles. The maximum absolute atomic E-state index is 13.9. The zero-order valence-corrected chi connectivity index (χ0v) is 28.4. The zero-order valence-electron chi connectivity index (χ0n) is 28.4. The Morgan fingerprint density at radius 3 is 2.51 bits per heavy atom. The largest absolute Gasteiger partial charge is 0.439 e. The number of amides is 2. The second-order valence-corrected chi connectivity index (χ2v) is 12.2. The molecule has 0 saturated carbocycles. The number of nitro groups is 1. The van der Waals surface area contributed by atoms with Crippen molar-refractivity contribution in [1.29, 1.82) is 0 Å². The number of benzene rings is 1. The van der Waals surface area contributed by atoms with Crippen molar-refractivity contribution in [2.24, 2.45) is 17.6 Å². The molecule has 0 aromatic heterocycles. The monoisotopic (exact) mass is 680 g/mol. The molecule has 14 heteroatoms. The molecule has 1 aromatic rings. The van der Waals surface area contributed by atoms with Crippen LogP contribution in [0, 0.1) is 22.0 Å². The molecular weight excluding hydrogens is 636 g/mol. The average Bonchev–Trinajstić information content (AvgIpc) is 3.05. The van der Waals surface area contributed by atoms with E-state index in [0.29, 0.717) is 11.1 Å². The number of nitrogens with zero attached hydrogens (tertiary/aromatic N) is 1. The van der Waals surface area contributed by atoms with Crippen LogP contribution in [-0.2, 0) is 35.1 Å². The van der Waals surface area contributed by atoms with Gasteiger partial charge in [-0.25, -0.2) is 4.79 Å². The Hall–Kier alpha value is -4.92. The topological polar surface area (TPSA) is 209 Å². The molecule has 6 atom stereocenters. The molecule has 0 fully saturated rings. The van der Waals surface area contributed by atoms with Crippen LogP contribution in [0.1, 0.15) is 46.1 Å². The molecule has 1 heterocycles. The van der Waals surface area contributed by atoms with Gasteiger partial charge in [0, 0.05) is 56.0 Å². The number of aliphatic hydroxyl groups excluding tert-OH is 1.